The Labute approximate surface area is 201 Å². The average molecular weight is 515 g/mol. The van der Waals surface area contributed by atoms with Crippen LogP contribution in [0, 0.1) is 6.92 Å². The fourth-order valence-corrected chi connectivity index (χ4v) is 4.05. The predicted octanol–water partition coefficient (Wildman–Crippen LogP) is 7.79. The molecule has 31 heavy (non-hydrogen) atoms. The van der Waals surface area contributed by atoms with Crippen LogP contribution in [0.3, 0.4) is 0 Å². The SMILES string of the molecule is CC(=Nc1ccc(C)cc1)c1ccc(C(C)=Nc2ccc([Si](C)(C)C)cc2)o1.[Cl][Fe][Cl]. The van der Waals surface area contributed by atoms with E-state index < -0.39 is 8.07 Å². The Bertz CT molecular complexity index is 1040. The molecule has 0 radical (unpaired) electrons. The third-order valence-electron chi connectivity index (χ3n) is 4.68. The van der Waals surface area contributed by atoms with Gasteiger partial charge in [0.1, 0.15) is 11.5 Å². The first kappa shape index (κ1) is 25.6. The summed E-state index contributed by atoms with van der Waals surface area (Å²) in [5, 5.41) is 1.44. The normalized spacial score (nSPS) is 12.5. The molecule has 0 spiro atoms. The summed E-state index contributed by atoms with van der Waals surface area (Å²) >= 11 is 0.194. The van der Waals surface area contributed by atoms with Crippen LogP contribution in [0.25, 0.3) is 0 Å². The Balaban J connectivity index is 0.00000107. The van der Waals surface area contributed by atoms with Gasteiger partial charge in [-0.05, 0) is 57.2 Å². The molecule has 7 heteroatoms. The number of rotatable bonds is 5. The quantitative estimate of drug-likeness (QED) is 0.253. The molecule has 1 aromatic heterocycles. The summed E-state index contributed by atoms with van der Waals surface area (Å²) in [7, 11) is 8.24. The molecular weight excluding hydrogens is 487 g/mol. The first-order chi connectivity index (χ1) is 14.6. The van der Waals surface area contributed by atoms with Gasteiger partial charge < -0.3 is 4.42 Å². The summed E-state index contributed by atoms with van der Waals surface area (Å²) in [6, 6.07) is 20.6. The summed E-state index contributed by atoms with van der Waals surface area (Å²) in [6.45, 7) is 13.1. The van der Waals surface area contributed by atoms with Crippen molar-refractivity contribution in [2.75, 3.05) is 0 Å². The molecule has 3 rings (SSSR count). The van der Waals surface area contributed by atoms with Crippen molar-refractivity contribution in [2.24, 2.45) is 9.98 Å². The van der Waals surface area contributed by atoms with Crippen LogP contribution < -0.4 is 5.19 Å². The van der Waals surface area contributed by atoms with Crippen LogP contribution in [0.15, 0.2) is 75.1 Å². The summed E-state index contributed by atoms with van der Waals surface area (Å²) in [4.78, 5) is 9.36. The van der Waals surface area contributed by atoms with Crippen molar-refractivity contribution < 1.29 is 17.6 Å². The number of benzene rings is 2. The van der Waals surface area contributed by atoms with Crippen LogP contribution in [-0.4, -0.2) is 19.5 Å². The van der Waals surface area contributed by atoms with Crippen LogP contribution in [0.1, 0.15) is 30.9 Å². The molecule has 0 aliphatic rings. The third-order valence-corrected chi connectivity index (χ3v) is 6.75. The monoisotopic (exact) mass is 514 g/mol. The first-order valence-electron chi connectivity index (χ1n) is 9.87. The van der Waals surface area contributed by atoms with Gasteiger partial charge in [-0.15, -0.1) is 0 Å². The summed E-state index contributed by atoms with van der Waals surface area (Å²) in [5.41, 5.74) is 4.80. The second kappa shape index (κ2) is 11.8. The number of nitrogens with zero attached hydrogens (tertiary/aromatic N) is 2. The molecule has 0 bridgehead atoms. The van der Waals surface area contributed by atoms with Crippen LogP contribution in [-0.2, 0) is 13.1 Å². The fourth-order valence-electron chi connectivity index (χ4n) is 2.88. The van der Waals surface area contributed by atoms with Crippen molar-refractivity contribution in [3.8, 4) is 0 Å². The molecule has 3 aromatic rings. The molecule has 0 N–H and O–H groups in total. The predicted molar refractivity (Wildman–Crippen MR) is 135 cm³/mol. The molecule has 0 atom stereocenters. The zero-order chi connectivity index (χ0) is 23.0. The van der Waals surface area contributed by atoms with Gasteiger partial charge in [0.15, 0.2) is 0 Å². The van der Waals surface area contributed by atoms with Crippen molar-refractivity contribution in [3.63, 3.8) is 0 Å². The van der Waals surface area contributed by atoms with Gasteiger partial charge in [-0.2, -0.15) is 0 Å². The molecule has 166 valence electrons. The maximum absolute atomic E-state index is 6.00. The summed E-state index contributed by atoms with van der Waals surface area (Å²) < 4.78 is 6.00. The van der Waals surface area contributed by atoms with Crippen molar-refractivity contribution in [1.82, 2.24) is 0 Å². The molecule has 0 aliphatic carbocycles. The molecule has 0 amide bonds. The topological polar surface area (TPSA) is 37.9 Å². The Kier molecular flexibility index (Phi) is 9.79. The van der Waals surface area contributed by atoms with Gasteiger partial charge in [-0.3, -0.25) is 0 Å². The van der Waals surface area contributed by atoms with E-state index in [1.54, 1.807) is 0 Å². The summed E-state index contributed by atoms with van der Waals surface area (Å²) in [6.07, 6.45) is 0. The van der Waals surface area contributed by atoms with E-state index >= 15 is 0 Å². The Morgan fingerprint density at radius 2 is 1.13 bits per heavy atom. The van der Waals surface area contributed by atoms with Gasteiger partial charge >= 0.3 is 33.3 Å². The van der Waals surface area contributed by atoms with Crippen molar-refractivity contribution in [1.29, 1.82) is 0 Å². The molecule has 3 nitrogen and oxygen atoms in total. The van der Waals surface area contributed by atoms with E-state index in [9.17, 15) is 0 Å². The zero-order valence-corrected chi connectivity index (χ0v) is 22.3. The number of hydrogen-bond acceptors (Lipinski definition) is 3. The van der Waals surface area contributed by atoms with Crippen molar-refractivity contribution >= 4 is 56.3 Å². The van der Waals surface area contributed by atoms with E-state index in [1.165, 1.54) is 10.8 Å². The molecule has 0 saturated carbocycles. The van der Waals surface area contributed by atoms with E-state index in [4.69, 9.17) is 29.6 Å². The van der Waals surface area contributed by atoms with Gasteiger partial charge in [-0.1, -0.05) is 54.7 Å². The van der Waals surface area contributed by atoms with Crippen molar-refractivity contribution in [3.05, 3.63) is 77.7 Å². The van der Waals surface area contributed by atoms with Crippen molar-refractivity contribution in [2.45, 2.75) is 40.4 Å². The van der Waals surface area contributed by atoms with E-state index in [0.717, 1.165) is 34.3 Å². The van der Waals surface area contributed by atoms with Crippen LogP contribution in [0.4, 0.5) is 11.4 Å². The van der Waals surface area contributed by atoms with E-state index in [-0.39, 0.29) is 13.1 Å². The third kappa shape index (κ3) is 8.10. The molecule has 0 unspecified atom stereocenters. The zero-order valence-electron chi connectivity index (χ0n) is 18.7. The standard InChI is InChI=1S/C24H28N2OSi.2ClH.Fe/c1-17-7-9-20(10-8-17)25-18(2)23-15-16-24(27-23)19(3)26-21-11-13-22(14-12-21)28(4,5)6;;;/h7-16H,1-6H3;2*1H;/q;;;+2/p-2. The first-order valence-corrected chi connectivity index (χ1v) is 16.4. The number of furan rings is 1. The summed E-state index contributed by atoms with van der Waals surface area (Å²) in [5.74, 6) is 1.53. The van der Waals surface area contributed by atoms with E-state index in [0.29, 0.717) is 0 Å². The van der Waals surface area contributed by atoms with Gasteiger partial charge in [-0.25, -0.2) is 9.98 Å². The Morgan fingerprint density at radius 3 is 1.52 bits per heavy atom. The van der Waals surface area contributed by atoms with Gasteiger partial charge in [0, 0.05) is 0 Å². The molecule has 1 heterocycles. The second-order valence-corrected chi connectivity index (χ2v) is 15.1. The van der Waals surface area contributed by atoms with Gasteiger partial charge in [0.05, 0.1) is 30.9 Å². The molecule has 2 aromatic carbocycles. The van der Waals surface area contributed by atoms with Crippen LogP contribution in [0.2, 0.25) is 19.6 Å². The minimum atomic E-state index is -1.29. The molecule has 0 fully saturated rings. The van der Waals surface area contributed by atoms with Gasteiger partial charge in [0.25, 0.3) is 0 Å². The second-order valence-electron chi connectivity index (χ2n) is 8.24. The molecular formula is C24H28Cl2FeN2OSi. The maximum atomic E-state index is 6.00. The minimum absolute atomic E-state index is 0.194. The average Bonchev–Trinajstić information content (AvgIpc) is 3.21. The van der Waals surface area contributed by atoms with E-state index in [1.807, 2.05) is 38.1 Å². The number of aliphatic imine (C=N–C) groups is 2. The Morgan fingerprint density at radius 1 is 0.742 bits per heavy atom. The van der Waals surface area contributed by atoms with E-state index in [2.05, 4.69) is 68.0 Å². The number of hydrogen-bond donors (Lipinski definition) is 0. The van der Waals surface area contributed by atoms with Crippen LogP contribution in [0.5, 0.6) is 0 Å². The number of aryl methyl sites for hydroxylation is 1. The fraction of sp³-hybridized carbons (Fsp3) is 0.250. The molecule has 0 aliphatic heterocycles. The van der Waals surface area contributed by atoms with Gasteiger partial charge in [0.2, 0.25) is 0 Å². The van der Waals surface area contributed by atoms with Crippen LogP contribution >= 0.6 is 20.2 Å². The molecule has 0 saturated heterocycles. The Hall–Kier alpha value is -1.62. The number of halogens is 2.